The number of hydrogen-bond acceptors (Lipinski definition) is 5. The van der Waals surface area contributed by atoms with Crippen molar-refractivity contribution in [2.45, 2.75) is 32.1 Å². The second-order valence-electron chi connectivity index (χ2n) is 7.13. The zero-order chi connectivity index (χ0) is 19.4. The van der Waals surface area contributed by atoms with Gasteiger partial charge in [-0.3, -0.25) is 4.79 Å². The van der Waals surface area contributed by atoms with E-state index in [-0.39, 0.29) is 18.1 Å². The van der Waals surface area contributed by atoms with Crippen molar-refractivity contribution < 1.29 is 13.9 Å². The molecule has 1 N–H and O–H groups in total. The third-order valence-electron chi connectivity index (χ3n) is 4.74. The fourth-order valence-corrected chi connectivity index (χ4v) is 3.59. The number of halogens is 1. The molecule has 6 nitrogen and oxygen atoms in total. The summed E-state index contributed by atoms with van der Waals surface area (Å²) < 4.78 is 11.0. The molecule has 0 fully saturated rings. The van der Waals surface area contributed by atoms with Crippen LogP contribution in [0, 0.1) is 0 Å². The zero-order valence-electron chi connectivity index (χ0n) is 15.8. The topological polar surface area (TPSA) is 71.8 Å². The minimum Gasteiger partial charge on any atom is -0.482 e. The Morgan fingerprint density at radius 3 is 2.74 bits per heavy atom. The maximum atomic E-state index is 12.2. The number of amides is 1. The average molecular weight is 393 g/mol. The van der Waals surface area contributed by atoms with E-state index in [1.165, 1.54) is 0 Å². The van der Waals surface area contributed by atoms with Gasteiger partial charge in [-0.15, -0.1) is 0 Å². The van der Waals surface area contributed by atoms with Crippen molar-refractivity contribution in [1.82, 2.24) is 10.2 Å². The Morgan fingerprint density at radius 2 is 2.00 bits per heavy atom. The number of benzene rings is 1. The van der Waals surface area contributed by atoms with E-state index in [4.69, 9.17) is 20.8 Å². The summed E-state index contributed by atoms with van der Waals surface area (Å²) in [5, 5.41) is 4.07. The highest BCUT2D eigenvalue weighted by atomic mass is 35.5. The van der Waals surface area contributed by atoms with Crippen molar-refractivity contribution in [3.63, 3.8) is 0 Å². The first kappa shape index (κ1) is 19.7. The summed E-state index contributed by atoms with van der Waals surface area (Å²) in [6, 6.07) is 3.38. The quantitative estimate of drug-likeness (QED) is 0.579. The van der Waals surface area contributed by atoms with Gasteiger partial charge in [-0.05, 0) is 64.4 Å². The van der Waals surface area contributed by atoms with Crippen LogP contribution < -0.4 is 15.7 Å². The molecule has 0 aliphatic heterocycles. The van der Waals surface area contributed by atoms with Crippen molar-refractivity contribution in [2.75, 3.05) is 33.8 Å². The Hall–Kier alpha value is -2.05. The van der Waals surface area contributed by atoms with Gasteiger partial charge in [-0.1, -0.05) is 11.6 Å². The predicted molar refractivity (Wildman–Crippen MR) is 106 cm³/mol. The highest BCUT2D eigenvalue weighted by Crippen LogP contribution is 2.34. The van der Waals surface area contributed by atoms with Gasteiger partial charge in [0, 0.05) is 23.6 Å². The molecule has 1 heterocycles. The van der Waals surface area contributed by atoms with Crippen LogP contribution in [0.5, 0.6) is 5.75 Å². The molecule has 0 atom stereocenters. The van der Waals surface area contributed by atoms with E-state index < -0.39 is 0 Å². The van der Waals surface area contributed by atoms with Gasteiger partial charge >= 0.3 is 5.63 Å². The van der Waals surface area contributed by atoms with Crippen LogP contribution in [-0.4, -0.2) is 44.6 Å². The molecule has 0 radical (unpaired) electrons. The van der Waals surface area contributed by atoms with E-state index in [0.29, 0.717) is 22.9 Å². The number of ether oxygens (including phenoxy) is 1. The van der Waals surface area contributed by atoms with Crippen molar-refractivity contribution in [3.05, 3.63) is 38.7 Å². The molecule has 1 aromatic heterocycles. The molecule has 27 heavy (non-hydrogen) atoms. The maximum absolute atomic E-state index is 12.2. The molecule has 2 aromatic rings. The van der Waals surface area contributed by atoms with E-state index in [0.717, 1.165) is 55.2 Å². The smallest absolute Gasteiger partial charge is 0.339 e. The van der Waals surface area contributed by atoms with E-state index in [1.807, 2.05) is 14.1 Å². The summed E-state index contributed by atoms with van der Waals surface area (Å²) in [4.78, 5) is 26.2. The van der Waals surface area contributed by atoms with Gasteiger partial charge in [0.25, 0.3) is 5.91 Å². The molecule has 1 aliphatic rings. The molecule has 0 spiro atoms. The highest BCUT2D eigenvalue weighted by Gasteiger charge is 2.19. The van der Waals surface area contributed by atoms with Crippen LogP contribution in [0.1, 0.15) is 30.4 Å². The summed E-state index contributed by atoms with van der Waals surface area (Å²) >= 11 is 6.35. The molecule has 1 aromatic carbocycles. The average Bonchev–Trinajstić information content (AvgIpc) is 2.64. The summed E-state index contributed by atoms with van der Waals surface area (Å²) in [7, 11) is 3.98. The molecule has 0 saturated heterocycles. The molecule has 3 rings (SSSR count). The second kappa shape index (κ2) is 8.76. The van der Waals surface area contributed by atoms with Gasteiger partial charge in [-0.25, -0.2) is 4.79 Å². The van der Waals surface area contributed by atoms with Crippen LogP contribution in [0.15, 0.2) is 21.3 Å². The lowest BCUT2D eigenvalue weighted by molar-refractivity contribution is -0.123. The molecular weight excluding hydrogens is 368 g/mol. The van der Waals surface area contributed by atoms with E-state index >= 15 is 0 Å². The fraction of sp³-hybridized carbons (Fsp3) is 0.500. The van der Waals surface area contributed by atoms with E-state index in [1.54, 1.807) is 12.1 Å². The predicted octanol–water partition coefficient (Wildman–Crippen LogP) is 2.77. The second-order valence-corrected chi connectivity index (χ2v) is 7.54. The molecule has 1 aliphatic carbocycles. The third-order valence-corrected chi connectivity index (χ3v) is 5.03. The molecule has 146 valence electrons. The largest absolute Gasteiger partial charge is 0.482 e. The zero-order valence-corrected chi connectivity index (χ0v) is 16.5. The molecule has 0 bridgehead atoms. The molecule has 0 saturated carbocycles. The monoisotopic (exact) mass is 392 g/mol. The van der Waals surface area contributed by atoms with Gasteiger partial charge in [0.1, 0.15) is 11.3 Å². The SMILES string of the molecule is CN(C)CCCNC(=O)COc1cc2oc(=O)c3c(c2cc1Cl)CCCC3. The third kappa shape index (κ3) is 4.82. The van der Waals surface area contributed by atoms with Crippen LogP contribution in [0.2, 0.25) is 5.02 Å². The molecule has 0 unspecified atom stereocenters. The first-order valence-electron chi connectivity index (χ1n) is 9.28. The lowest BCUT2D eigenvalue weighted by Gasteiger charge is -2.17. The van der Waals surface area contributed by atoms with Crippen molar-refractivity contribution in [1.29, 1.82) is 0 Å². The van der Waals surface area contributed by atoms with Crippen LogP contribution in [0.4, 0.5) is 0 Å². The Bertz CT molecular complexity index is 892. The van der Waals surface area contributed by atoms with Gasteiger partial charge in [0.05, 0.1) is 5.02 Å². The Kier molecular flexibility index (Phi) is 6.39. The Labute approximate surface area is 163 Å². The van der Waals surface area contributed by atoms with Crippen LogP contribution in [-0.2, 0) is 17.6 Å². The first-order valence-corrected chi connectivity index (χ1v) is 9.66. The van der Waals surface area contributed by atoms with Crippen LogP contribution in [0.25, 0.3) is 11.0 Å². The number of nitrogens with zero attached hydrogens (tertiary/aromatic N) is 1. The summed E-state index contributed by atoms with van der Waals surface area (Å²) in [6.07, 6.45) is 4.52. The fourth-order valence-electron chi connectivity index (χ4n) is 3.37. The molecule has 1 amide bonds. The van der Waals surface area contributed by atoms with Crippen molar-refractivity contribution >= 4 is 28.5 Å². The number of fused-ring (bicyclic) bond motifs is 3. The van der Waals surface area contributed by atoms with Crippen LogP contribution in [0.3, 0.4) is 0 Å². The maximum Gasteiger partial charge on any atom is 0.339 e. The van der Waals surface area contributed by atoms with Gasteiger partial charge in [0.15, 0.2) is 6.61 Å². The summed E-state index contributed by atoms with van der Waals surface area (Å²) in [6.45, 7) is 1.36. The van der Waals surface area contributed by atoms with E-state index in [2.05, 4.69) is 10.2 Å². The lowest BCUT2D eigenvalue weighted by atomic mass is 9.91. The normalized spacial score (nSPS) is 13.6. The van der Waals surface area contributed by atoms with Crippen molar-refractivity contribution in [2.24, 2.45) is 0 Å². The van der Waals surface area contributed by atoms with Crippen LogP contribution >= 0.6 is 11.6 Å². The van der Waals surface area contributed by atoms with Gasteiger partial charge in [-0.2, -0.15) is 0 Å². The number of carbonyl (C=O) groups excluding carboxylic acids is 1. The first-order chi connectivity index (χ1) is 13.0. The molecular formula is C20H25ClN2O4. The number of nitrogens with one attached hydrogen (secondary N) is 1. The minimum atomic E-state index is -0.288. The Balaban J connectivity index is 1.70. The van der Waals surface area contributed by atoms with Gasteiger partial charge in [0.2, 0.25) is 0 Å². The number of aryl methyl sites for hydroxylation is 1. The minimum absolute atomic E-state index is 0.137. The summed E-state index contributed by atoms with van der Waals surface area (Å²) in [5.74, 6) is 0.128. The number of rotatable bonds is 7. The standard InChI is InChI=1S/C20H25ClN2O4/c1-23(2)9-5-8-22-19(24)12-26-18-11-17-15(10-16(18)21)13-6-3-4-7-14(13)20(25)27-17/h10-11H,3-9,12H2,1-2H3,(H,22,24). The Morgan fingerprint density at radius 1 is 1.26 bits per heavy atom. The van der Waals surface area contributed by atoms with E-state index in [9.17, 15) is 9.59 Å². The van der Waals surface area contributed by atoms with Gasteiger partial charge < -0.3 is 19.4 Å². The summed E-state index contributed by atoms with van der Waals surface area (Å²) in [5.41, 5.74) is 1.95. The molecule has 7 heteroatoms. The lowest BCUT2D eigenvalue weighted by Crippen LogP contribution is -2.31. The highest BCUT2D eigenvalue weighted by molar-refractivity contribution is 6.32. The van der Waals surface area contributed by atoms with Crippen molar-refractivity contribution in [3.8, 4) is 5.75 Å². The number of carbonyl (C=O) groups is 1. The number of hydrogen-bond donors (Lipinski definition) is 1.